The molecule has 0 unspecified atom stereocenters. The first-order chi connectivity index (χ1) is 11.9. The summed E-state index contributed by atoms with van der Waals surface area (Å²) in [6, 6.07) is 11.6. The predicted octanol–water partition coefficient (Wildman–Crippen LogP) is 5.41. The van der Waals surface area contributed by atoms with Gasteiger partial charge >= 0.3 is 6.18 Å². The van der Waals surface area contributed by atoms with E-state index in [1.54, 1.807) is 0 Å². The van der Waals surface area contributed by atoms with Gasteiger partial charge in [-0.05, 0) is 18.2 Å². The Labute approximate surface area is 144 Å². The standard InChI is InChI=1S/C17H11F4N3S/c18-14-7-6-13(17(19,20)21)8-12(14)9-22-24-16-23-15(10-25-16)11-4-2-1-3-5-11/h1-10H,(H,23,24). The van der Waals surface area contributed by atoms with Gasteiger partial charge < -0.3 is 0 Å². The summed E-state index contributed by atoms with van der Waals surface area (Å²) in [6.07, 6.45) is -3.54. The van der Waals surface area contributed by atoms with Gasteiger partial charge in [0.2, 0.25) is 5.13 Å². The molecule has 3 nitrogen and oxygen atoms in total. The van der Waals surface area contributed by atoms with Crippen molar-refractivity contribution >= 4 is 22.7 Å². The molecule has 0 amide bonds. The Balaban J connectivity index is 1.73. The largest absolute Gasteiger partial charge is 0.416 e. The first-order valence-electron chi connectivity index (χ1n) is 7.10. The van der Waals surface area contributed by atoms with Crippen LogP contribution < -0.4 is 5.43 Å². The molecular weight excluding hydrogens is 354 g/mol. The van der Waals surface area contributed by atoms with Gasteiger partial charge in [-0.15, -0.1) is 11.3 Å². The molecule has 1 heterocycles. The van der Waals surface area contributed by atoms with Crippen molar-refractivity contribution in [2.45, 2.75) is 6.18 Å². The van der Waals surface area contributed by atoms with Crippen LogP contribution in [0.3, 0.4) is 0 Å². The van der Waals surface area contributed by atoms with Crippen LogP contribution in [-0.4, -0.2) is 11.2 Å². The molecule has 3 aromatic rings. The lowest BCUT2D eigenvalue weighted by atomic mass is 10.1. The Morgan fingerprint density at radius 2 is 1.84 bits per heavy atom. The van der Waals surface area contributed by atoms with Gasteiger partial charge in [-0.1, -0.05) is 30.3 Å². The van der Waals surface area contributed by atoms with Crippen LogP contribution >= 0.6 is 11.3 Å². The average Bonchev–Trinajstić information content (AvgIpc) is 3.05. The Morgan fingerprint density at radius 1 is 1.08 bits per heavy atom. The van der Waals surface area contributed by atoms with Crippen molar-refractivity contribution in [2.24, 2.45) is 5.10 Å². The molecule has 8 heteroatoms. The van der Waals surface area contributed by atoms with Crippen molar-refractivity contribution in [3.8, 4) is 11.3 Å². The van der Waals surface area contributed by atoms with E-state index in [1.165, 1.54) is 11.3 Å². The SMILES string of the molecule is Fc1ccc(C(F)(F)F)cc1C=NNc1nc(-c2ccccc2)cs1. The maximum absolute atomic E-state index is 13.6. The number of nitrogens with one attached hydrogen (secondary N) is 1. The molecule has 0 aliphatic rings. The molecule has 0 spiro atoms. The molecule has 1 aromatic heterocycles. The number of halogens is 4. The molecule has 0 saturated carbocycles. The van der Waals surface area contributed by atoms with Crippen molar-refractivity contribution in [3.63, 3.8) is 0 Å². The predicted molar refractivity (Wildman–Crippen MR) is 90.2 cm³/mol. The van der Waals surface area contributed by atoms with E-state index in [9.17, 15) is 17.6 Å². The smallest absolute Gasteiger partial charge is 0.253 e. The van der Waals surface area contributed by atoms with E-state index in [1.807, 2.05) is 35.7 Å². The lowest BCUT2D eigenvalue weighted by molar-refractivity contribution is -0.137. The molecule has 0 aliphatic carbocycles. The number of hydrogen-bond acceptors (Lipinski definition) is 4. The van der Waals surface area contributed by atoms with E-state index in [4.69, 9.17) is 0 Å². The molecule has 1 N–H and O–H groups in total. The monoisotopic (exact) mass is 365 g/mol. The average molecular weight is 365 g/mol. The molecule has 0 radical (unpaired) electrons. The topological polar surface area (TPSA) is 37.3 Å². The third kappa shape index (κ3) is 4.21. The second kappa shape index (κ2) is 7.02. The molecule has 3 rings (SSSR count). The van der Waals surface area contributed by atoms with Gasteiger partial charge in [0, 0.05) is 16.5 Å². The van der Waals surface area contributed by atoms with E-state index in [0.29, 0.717) is 17.3 Å². The number of hydrazone groups is 1. The number of thiazole rings is 1. The van der Waals surface area contributed by atoms with E-state index in [-0.39, 0.29) is 5.56 Å². The minimum Gasteiger partial charge on any atom is -0.253 e. The molecule has 128 valence electrons. The van der Waals surface area contributed by atoms with Crippen LogP contribution in [-0.2, 0) is 6.18 Å². The highest BCUT2D eigenvalue weighted by molar-refractivity contribution is 7.14. The molecule has 0 aliphatic heterocycles. The first-order valence-corrected chi connectivity index (χ1v) is 7.98. The normalized spacial score (nSPS) is 11.8. The van der Waals surface area contributed by atoms with E-state index in [0.717, 1.165) is 23.5 Å². The zero-order valence-corrected chi connectivity index (χ0v) is 13.4. The molecule has 25 heavy (non-hydrogen) atoms. The first kappa shape index (κ1) is 17.1. The summed E-state index contributed by atoms with van der Waals surface area (Å²) < 4.78 is 51.6. The van der Waals surface area contributed by atoms with Crippen LogP contribution in [0.15, 0.2) is 59.0 Å². The maximum atomic E-state index is 13.6. The van der Waals surface area contributed by atoms with Crippen molar-refractivity contribution in [3.05, 3.63) is 70.9 Å². The number of nitrogens with zero attached hydrogens (tertiary/aromatic N) is 2. The fourth-order valence-corrected chi connectivity index (χ4v) is 2.71. The van der Waals surface area contributed by atoms with Crippen molar-refractivity contribution in [1.29, 1.82) is 0 Å². The number of rotatable bonds is 4. The number of alkyl halides is 3. The Bertz CT molecular complexity index is 888. The summed E-state index contributed by atoms with van der Waals surface area (Å²) in [6.45, 7) is 0. The fraction of sp³-hybridized carbons (Fsp3) is 0.0588. The summed E-state index contributed by atoms with van der Waals surface area (Å²) in [4.78, 5) is 4.31. The number of benzene rings is 2. The van der Waals surface area contributed by atoms with Gasteiger partial charge in [-0.2, -0.15) is 18.3 Å². The molecular formula is C17H11F4N3S. The minimum atomic E-state index is -4.54. The zero-order chi connectivity index (χ0) is 17.9. The zero-order valence-electron chi connectivity index (χ0n) is 12.6. The molecule has 2 aromatic carbocycles. The Kier molecular flexibility index (Phi) is 4.80. The summed E-state index contributed by atoms with van der Waals surface area (Å²) in [5.74, 6) is -0.789. The number of aromatic nitrogens is 1. The maximum Gasteiger partial charge on any atom is 0.416 e. The van der Waals surface area contributed by atoms with Gasteiger partial charge in [0.1, 0.15) is 5.82 Å². The van der Waals surface area contributed by atoms with Crippen molar-refractivity contribution in [1.82, 2.24) is 4.98 Å². The summed E-state index contributed by atoms with van der Waals surface area (Å²) in [5, 5.41) is 6.03. The molecule has 0 bridgehead atoms. The minimum absolute atomic E-state index is 0.262. The number of hydrogen-bond donors (Lipinski definition) is 1. The second-order valence-electron chi connectivity index (χ2n) is 5.01. The number of anilines is 1. The van der Waals surface area contributed by atoms with Crippen LogP contribution in [0.5, 0.6) is 0 Å². The molecule has 0 saturated heterocycles. The lowest BCUT2D eigenvalue weighted by Crippen LogP contribution is -2.06. The second-order valence-corrected chi connectivity index (χ2v) is 5.87. The van der Waals surface area contributed by atoms with Crippen LogP contribution in [0.1, 0.15) is 11.1 Å². The highest BCUT2D eigenvalue weighted by Crippen LogP contribution is 2.30. The Hall–Kier alpha value is -2.74. The third-order valence-electron chi connectivity index (χ3n) is 3.26. The van der Waals surface area contributed by atoms with Crippen LogP contribution in [0, 0.1) is 5.82 Å². The lowest BCUT2D eigenvalue weighted by Gasteiger charge is -2.07. The quantitative estimate of drug-likeness (QED) is 0.381. The third-order valence-corrected chi connectivity index (χ3v) is 4.01. The van der Waals surface area contributed by atoms with Crippen LogP contribution in [0.4, 0.5) is 22.7 Å². The van der Waals surface area contributed by atoms with E-state index in [2.05, 4.69) is 15.5 Å². The van der Waals surface area contributed by atoms with Crippen molar-refractivity contribution < 1.29 is 17.6 Å². The van der Waals surface area contributed by atoms with Gasteiger partial charge in [0.15, 0.2) is 0 Å². The van der Waals surface area contributed by atoms with Gasteiger partial charge in [0.05, 0.1) is 17.5 Å². The summed E-state index contributed by atoms with van der Waals surface area (Å²) in [5.41, 5.74) is 3.08. The van der Waals surface area contributed by atoms with Crippen LogP contribution in [0.2, 0.25) is 0 Å². The molecule has 0 atom stereocenters. The van der Waals surface area contributed by atoms with E-state index >= 15 is 0 Å². The Morgan fingerprint density at radius 3 is 2.56 bits per heavy atom. The van der Waals surface area contributed by atoms with Crippen LogP contribution in [0.25, 0.3) is 11.3 Å². The fourth-order valence-electron chi connectivity index (χ4n) is 2.04. The highest BCUT2D eigenvalue weighted by atomic mass is 32.1. The highest BCUT2D eigenvalue weighted by Gasteiger charge is 2.30. The van der Waals surface area contributed by atoms with Gasteiger partial charge in [-0.25, -0.2) is 9.37 Å². The van der Waals surface area contributed by atoms with E-state index < -0.39 is 17.6 Å². The van der Waals surface area contributed by atoms with Gasteiger partial charge in [-0.3, -0.25) is 5.43 Å². The molecule has 0 fully saturated rings. The summed E-state index contributed by atoms with van der Waals surface area (Å²) >= 11 is 1.28. The van der Waals surface area contributed by atoms with Gasteiger partial charge in [0.25, 0.3) is 0 Å². The van der Waals surface area contributed by atoms with Crippen molar-refractivity contribution in [2.75, 3.05) is 5.43 Å². The summed E-state index contributed by atoms with van der Waals surface area (Å²) in [7, 11) is 0.